The van der Waals surface area contributed by atoms with E-state index in [4.69, 9.17) is 0 Å². The van der Waals surface area contributed by atoms with Gasteiger partial charge in [-0.1, -0.05) is 30.3 Å². The molecule has 4 nitrogen and oxygen atoms in total. The Hall–Kier alpha value is -2.36. The van der Waals surface area contributed by atoms with Crippen LogP contribution >= 0.6 is 0 Å². The van der Waals surface area contributed by atoms with Crippen LogP contribution < -0.4 is 10.7 Å². The fourth-order valence-electron chi connectivity index (χ4n) is 1.69. The Morgan fingerprint density at radius 1 is 1.22 bits per heavy atom. The molecular formula is C14H14N2O2. The highest BCUT2D eigenvalue weighted by Crippen LogP contribution is 2.11. The SMILES string of the molecule is CC(NC(=O)c1c[nH]ccc1=O)c1ccccc1. The highest BCUT2D eigenvalue weighted by atomic mass is 16.2. The van der Waals surface area contributed by atoms with Gasteiger partial charge >= 0.3 is 0 Å². The van der Waals surface area contributed by atoms with Crippen molar-refractivity contribution in [3.05, 3.63) is 70.1 Å². The van der Waals surface area contributed by atoms with Gasteiger partial charge in [0.2, 0.25) is 0 Å². The van der Waals surface area contributed by atoms with Crippen molar-refractivity contribution >= 4 is 5.91 Å². The molecule has 1 heterocycles. The lowest BCUT2D eigenvalue weighted by Gasteiger charge is -2.13. The largest absolute Gasteiger partial charge is 0.367 e. The fourth-order valence-corrected chi connectivity index (χ4v) is 1.69. The minimum Gasteiger partial charge on any atom is -0.367 e. The number of nitrogens with one attached hydrogen (secondary N) is 2. The molecule has 0 spiro atoms. The zero-order valence-electron chi connectivity index (χ0n) is 10.0. The van der Waals surface area contributed by atoms with Gasteiger partial charge in [-0.05, 0) is 12.5 Å². The molecule has 0 bridgehead atoms. The van der Waals surface area contributed by atoms with Crippen molar-refractivity contribution in [2.45, 2.75) is 13.0 Å². The van der Waals surface area contributed by atoms with Crippen LogP contribution in [0.2, 0.25) is 0 Å². The van der Waals surface area contributed by atoms with Crippen molar-refractivity contribution in [2.24, 2.45) is 0 Å². The van der Waals surface area contributed by atoms with Crippen LogP contribution in [-0.2, 0) is 0 Å². The number of pyridine rings is 1. The topological polar surface area (TPSA) is 62.0 Å². The number of aromatic nitrogens is 1. The second-order valence-corrected chi connectivity index (χ2v) is 4.03. The van der Waals surface area contributed by atoms with Gasteiger partial charge in [0, 0.05) is 18.5 Å². The molecule has 1 amide bonds. The Balaban J connectivity index is 2.14. The van der Waals surface area contributed by atoms with Crippen molar-refractivity contribution in [2.75, 3.05) is 0 Å². The number of benzene rings is 1. The molecule has 0 aliphatic rings. The van der Waals surface area contributed by atoms with Crippen LogP contribution in [-0.4, -0.2) is 10.9 Å². The molecule has 1 unspecified atom stereocenters. The summed E-state index contributed by atoms with van der Waals surface area (Å²) in [6, 6.07) is 10.8. The van der Waals surface area contributed by atoms with E-state index in [1.807, 2.05) is 37.3 Å². The van der Waals surface area contributed by atoms with E-state index in [9.17, 15) is 9.59 Å². The summed E-state index contributed by atoms with van der Waals surface area (Å²) < 4.78 is 0. The average Bonchev–Trinajstić information content (AvgIpc) is 2.40. The molecule has 92 valence electrons. The maximum absolute atomic E-state index is 11.9. The molecule has 1 aromatic carbocycles. The summed E-state index contributed by atoms with van der Waals surface area (Å²) in [5, 5.41) is 2.79. The first-order chi connectivity index (χ1) is 8.68. The molecule has 0 aliphatic carbocycles. The monoisotopic (exact) mass is 242 g/mol. The first kappa shape index (κ1) is 12.1. The average molecular weight is 242 g/mol. The van der Waals surface area contributed by atoms with Gasteiger partial charge in [0.25, 0.3) is 5.91 Å². The number of H-pyrrole nitrogens is 1. The summed E-state index contributed by atoms with van der Waals surface area (Å²) >= 11 is 0. The second-order valence-electron chi connectivity index (χ2n) is 4.03. The van der Waals surface area contributed by atoms with Gasteiger partial charge in [0.1, 0.15) is 5.56 Å². The second kappa shape index (κ2) is 5.31. The van der Waals surface area contributed by atoms with Gasteiger partial charge in [-0.15, -0.1) is 0 Å². The summed E-state index contributed by atoms with van der Waals surface area (Å²) in [5.74, 6) is -0.367. The van der Waals surface area contributed by atoms with Gasteiger partial charge in [-0.25, -0.2) is 0 Å². The lowest BCUT2D eigenvalue weighted by molar-refractivity contribution is 0.0938. The number of hydrogen-bond donors (Lipinski definition) is 2. The summed E-state index contributed by atoms with van der Waals surface area (Å²) in [6.07, 6.45) is 2.91. The lowest BCUT2D eigenvalue weighted by Crippen LogP contribution is -2.30. The molecule has 0 aliphatic heterocycles. The first-order valence-corrected chi connectivity index (χ1v) is 5.71. The van der Waals surface area contributed by atoms with Gasteiger partial charge in [0.05, 0.1) is 6.04 Å². The molecule has 0 saturated carbocycles. The predicted octanol–water partition coefficient (Wildman–Crippen LogP) is 1.87. The Kier molecular flexibility index (Phi) is 3.57. The highest BCUT2D eigenvalue weighted by Gasteiger charge is 2.13. The molecule has 2 aromatic rings. The molecule has 2 rings (SSSR count). The van der Waals surface area contributed by atoms with Crippen LogP contribution in [0.5, 0.6) is 0 Å². The standard InChI is InChI=1S/C14H14N2O2/c1-10(11-5-3-2-4-6-11)16-14(18)12-9-15-8-7-13(12)17/h2-10H,1H3,(H,15,17)(H,16,18). The Labute approximate surface area is 105 Å². The molecule has 0 radical (unpaired) electrons. The van der Waals surface area contributed by atoms with E-state index in [2.05, 4.69) is 10.3 Å². The number of amides is 1. The number of carbonyl (C=O) groups is 1. The third-order valence-corrected chi connectivity index (χ3v) is 2.72. The number of hydrogen-bond acceptors (Lipinski definition) is 2. The van der Waals surface area contributed by atoms with Crippen LogP contribution in [0.3, 0.4) is 0 Å². The summed E-state index contributed by atoms with van der Waals surface area (Å²) in [5.41, 5.74) is 0.838. The number of carbonyl (C=O) groups excluding carboxylic acids is 1. The zero-order chi connectivity index (χ0) is 13.0. The van der Waals surface area contributed by atoms with Crippen molar-refractivity contribution < 1.29 is 4.79 Å². The third-order valence-electron chi connectivity index (χ3n) is 2.72. The minimum atomic E-state index is -0.367. The summed E-state index contributed by atoms with van der Waals surface area (Å²) in [7, 11) is 0. The van der Waals surface area contributed by atoms with Gasteiger partial charge in [-0.2, -0.15) is 0 Å². The third kappa shape index (κ3) is 2.66. The molecule has 18 heavy (non-hydrogen) atoms. The van der Waals surface area contributed by atoms with Crippen molar-refractivity contribution in [1.82, 2.24) is 10.3 Å². The summed E-state index contributed by atoms with van der Waals surface area (Å²) in [6.45, 7) is 1.88. The Morgan fingerprint density at radius 3 is 2.61 bits per heavy atom. The van der Waals surface area contributed by atoms with Gasteiger partial charge < -0.3 is 10.3 Å². The molecule has 1 atom stereocenters. The lowest BCUT2D eigenvalue weighted by atomic mass is 10.1. The molecule has 2 N–H and O–H groups in total. The summed E-state index contributed by atoms with van der Waals surface area (Å²) in [4.78, 5) is 26.2. The predicted molar refractivity (Wildman–Crippen MR) is 69.4 cm³/mol. The molecule has 0 saturated heterocycles. The normalized spacial score (nSPS) is 11.8. The van der Waals surface area contributed by atoms with E-state index < -0.39 is 0 Å². The quantitative estimate of drug-likeness (QED) is 0.863. The van der Waals surface area contributed by atoms with Crippen LogP contribution in [0.15, 0.2) is 53.6 Å². The van der Waals surface area contributed by atoms with E-state index in [1.54, 1.807) is 0 Å². The molecule has 1 aromatic heterocycles. The van der Waals surface area contributed by atoms with E-state index in [0.29, 0.717) is 0 Å². The molecular weight excluding hydrogens is 228 g/mol. The number of rotatable bonds is 3. The maximum atomic E-state index is 11.9. The number of aromatic amines is 1. The minimum absolute atomic E-state index is 0.125. The fraction of sp³-hybridized carbons (Fsp3) is 0.143. The van der Waals surface area contributed by atoms with E-state index in [0.717, 1.165) is 5.56 Å². The van der Waals surface area contributed by atoms with E-state index >= 15 is 0 Å². The zero-order valence-corrected chi connectivity index (χ0v) is 10.0. The van der Waals surface area contributed by atoms with Gasteiger partial charge in [-0.3, -0.25) is 9.59 Å². The van der Waals surface area contributed by atoms with E-state index in [-0.39, 0.29) is 22.9 Å². The van der Waals surface area contributed by atoms with Gasteiger partial charge in [0.15, 0.2) is 5.43 Å². The highest BCUT2D eigenvalue weighted by molar-refractivity contribution is 5.93. The maximum Gasteiger partial charge on any atom is 0.257 e. The van der Waals surface area contributed by atoms with Crippen molar-refractivity contribution in [1.29, 1.82) is 0 Å². The first-order valence-electron chi connectivity index (χ1n) is 5.71. The molecule has 4 heteroatoms. The smallest absolute Gasteiger partial charge is 0.257 e. The molecule has 0 fully saturated rings. The van der Waals surface area contributed by atoms with Crippen LogP contribution in [0.25, 0.3) is 0 Å². The van der Waals surface area contributed by atoms with E-state index in [1.165, 1.54) is 18.5 Å². The van der Waals surface area contributed by atoms with Crippen LogP contribution in [0, 0.1) is 0 Å². The Bertz CT molecular complexity index is 590. The van der Waals surface area contributed by atoms with Crippen LogP contribution in [0.4, 0.5) is 0 Å². The van der Waals surface area contributed by atoms with Crippen molar-refractivity contribution in [3.63, 3.8) is 0 Å². The van der Waals surface area contributed by atoms with Crippen molar-refractivity contribution in [3.8, 4) is 0 Å². The van der Waals surface area contributed by atoms with Crippen LogP contribution in [0.1, 0.15) is 28.9 Å². The Morgan fingerprint density at radius 2 is 1.94 bits per heavy atom.